The largest absolute Gasteiger partial charge is 0.368 e. The van der Waals surface area contributed by atoms with Gasteiger partial charge < -0.3 is 14.8 Å². The number of carbonyl (C=O) groups excluding carboxylic acids is 1. The van der Waals surface area contributed by atoms with E-state index < -0.39 is 0 Å². The Bertz CT molecular complexity index is 1060. The molecule has 1 atom stereocenters. The number of aromatic nitrogens is 2. The van der Waals surface area contributed by atoms with Crippen molar-refractivity contribution < 1.29 is 4.79 Å². The van der Waals surface area contributed by atoms with Crippen LogP contribution in [0.25, 0.3) is 11.0 Å². The molecule has 1 aliphatic carbocycles. The van der Waals surface area contributed by atoms with Gasteiger partial charge in [0.1, 0.15) is 5.82 Å². The molecule has 166 valence electrons. The molecule has 3 aromatic rings. The van der Waals surface area contributed by atoms with E-state index in [1.807, 2.05) is 12.1 Å². The lowest BCUT2D eigenvalue weighted by Crippen LogP contribution is -2.50. The van der Waals surface area contributed by atoms with Gasteiger partial charge in [0.2, 0.25) is 5.91 Å². The molecule has 0 radical (unpaired) electrons. The van der Waals surface area contributed by atoms with Crippen molar-refractivity contribution >= 4 is 22.6 Å². The first-order valence-electron chi connectivity index (χ1n) is 11.9. The highest BCUT2D eigenvalue weighted by Gasteiger charge is 2.59. The molecule has 6 nitrogen and oxygen atoms in total. The monoisotopic (exact) mass is 429 g/mol. The molecule has 3 fully saturated rings. The smallest absolute Gasteiger partial charge is 0.226 e. The fourth-order valence-corrected chi connectivity index (χ4v) is 5.74. The third kappa shape index (κ3) is 3.66. The predicted octanol–water partition coefficient (Wildman–Crippen LogP) is 3.51. The highest BCUT2D eigenvalue weighted by molar-refractivity contribution is 5.83. The number of hydrogen-bond donors (Lipinski definition) is 1. The summed E-state index contributed by atoms with van der Waals surface area (Å²) in [5, 5.41) is 0. The van der Waals surface area contributed by atoms with Crippen LogP contribution in [0.4, 0.5) is 5.69 Å². The zero-order valence-electron chi connectivity index (χ0n) is 18.5. The standard InChI is InChI=1S/C26H31N5O/c32-25(31-16-14-30(15-17-31)20-6-2-1-3-7-20)21-18-26(21)10-12-29(13-11-26)19-24-27-22-8-4-5-9-23(22)28-24/h1-9,21H,10-19H2,(H,27,28)/t21-/m0/s1. The second-order valence-corrected chi connectivity index (χ2v) is 9.74. The lowest BCUT2D eigenvalue weighted by Gasteiger charge is -2.37. The number of rotatable bonds is 4. The van der Waals surface area contributed by atoms with Crippen LogP contribution in [-0.4, -0.2) is 64.9 Å². The molecular weight excluding hydrogens is 398 g/mol. The van der Waals surface area contributed by atoms with E-state index in [0.717, 1.165) is 81.9 Å². The number of likely N-dealkylation sites (tertiary alicyclic amines) is 1. The Morgan fingerprint density at radius 1 is 0.938 bits per heavy atom. The Morgan fingerprint density at radius 3 is 2.41 bits per heavy atom. The average molecular weight is 430 g/mol. The molecular formula is C26H31N5O. The fourth-order valence-electron chi connectivity index (χ4n) is 5.74. The van der Waals surface area contributed by atoms with Crippen LogP contribution in [-0.2, 0) is 11.3 Å². The van der Waals surface area contributed by atoms with Gasteiger partial charge in [-0.25, -0.2) is 4.98 Å². The Balaban J connectivity index is 1.01. The molecule has 2 aliphatic heterocycles. The number of nitrogens with zero attached hydrogens (tertiary/aromatic N) is 4. The van der Waals surface area contributed by atoms with Crippen molar-refractivity contribution in [1.82, 2.24) is 19.8 Å². The summed E-state index contributed by atoms with van der Waals surface area (Å²) in [5.41, 5.74) is 3.67. The lowest BCUT2D eigenvalue weighted by molar-refractivity contribution is -0.134. The first-order chi connectivity index (χ1) is 15.7. The van der Waals surface area contributed by atoms with E-state index in [0.29, 0.717) is 5.91 Å². The second kappa shape index (κ2) is 7.93. The number of hydrogen-bond acceptors (Lipinski definition) is 4. The number of para-hydroxylation sites is 3. The predicted molar refractivity (Wildman–Crippen MR) is 126 cm³/mol. The number of amides is 1. The van der Waals surface area contributed by atoms with E-state index in [-0.39, 0.29) is 11.3 Å². The van der Waals surface area contributed by atoms with Crippen LogP contribution in [0.3, 0.4) is 0 Å². The van der Waals surface area contributed by atoms with Gasteiger partial charge in [-0.15, -0.1) is 0 Å². The maximum Gasteiger partial charge on any atom is 0.226 e. The SMILES string of the molecule is O=C([C@@H]1CC12CCN(Cc1nc3ccccc3[nH]1)CC2)N1CCN(c2ccccc2)CC1. The van der Waals surface area contributed by atoms with Crippen LogP contribution < -0.4 is 4.90 Å². The number of carbonyl (C=O) groups is 1. The molecule has 1 saturated carbocycles. The minimum atomic E-state index is 0.249. The first kappa shape index (κ1) is 19.8. The van der Waals surface area contributed by atoms with Gasteiger partial charge in [-0.1, -0.05) is 30.3 Å². The van der Waals surface area contributed by atoms with Crippen molar-refractivity contribution in [2.24, 2.45) is 11.3 Å². The maximum absolute atomic E-state index is 13.2. The second-order valence-electron chi connectivity index (χ2n) is 9.74. The van der Waals surface area contributed by atoms with Crippen LogP contribution in [0, 0.1) is 11.3 Å². The summed E-state index contributed by atoms with van der Waals surface area (Å²) in [5.74, 6) is 1.70. The molecule has 2 saturated heterocycles. The van der Waals surface area contributed by atoms with Crippen LogP contribution in [0.15, 0.2) is 54.6 Å². The minimum Gasteiger partial charge on any atom is -0.368 e. The summed E-state index contributed by atoms with van der Waals surface area (Å²) < 4.78 is 0. The Kier molecular flexibility index (Phi) is 4.90. The quantitative estimate of drug-likeness (QED) is 0.690. The van der Waals surface area contributed by atoms with Crippen molar-refractivity contribution in [1.29, 1.82) is 0 Å². The van der Waals surface area contributed by atoms with Gasteiger partial charge in [0.25, 0.3) is 0 Å². The van der Waals surface area contributed by atoms with Crippen molar-refractivity contribution in [3.63, 3.8) is 0 Å². The van der Waals surface area contributed by atoms with Gasteiger partial charge in [0.15, 0.2) is 0 Å². The molecule has 32 heavy (non-hydrogen) atoms. The van der Waals surface area contributed by atoms with Crippen molar-refractivity contribution in [2.75, 3.05) is 44.2 Å². The van der Waals surface area contributed by atoms with E-state index in [1.54, 1.807) is 0 Å². The highest BCUT2D eigenvalue weighted by Crippen LogP contribution is 2.60. The van der Waals surface area contributed by atoms with Gasteiger partial charge in [-0.05, 0) is 62.0 Å². The van der Waals surface area contributed by atoms with E-state index in [1.165, 1.54) is 5.69 Å². The van der Waals surface area contributed by atoms with Gasteiger partial charge in [0, 0.05) is 37.8 Å². The van der Waals surface area contributed by atoms with E-state index in [2.05, 4.69) is 62.1 Å². The maximum atomic E-state index is 13.2. The number of imidazole rings is 1. The first-order valence-corrected chi connectivity index (χ1v) is 11.9. The molecule has 6 rings (SSSR count). The van der Waals surface area contributed by atoms with Crippen LogP contribution in [0.2, 0.25) is 0 Å². The fraction of sp³-hybridized carbons (Fsp3) is 0.462. The number of nitrogens with one attached hydrogen (secondary N) is 1. The molecule has 3 aliphatic rings. The number of fused-ring (bicyclic) bond motifs is 1. The molecule has 0 unspecified atom stereocenters. The molecule has 1 aromatic heterocycles. The van der Waals surface area contributed by atoms with E-state index in [9.17, 15) is 4.79 Å². The van der Waals surface area contributed by atoms with Crippen molar-refractivity contribution in [2.45, 2.75) is 25.8 Å². The van der Waals surface area contributed by atoms with Crippen LogP contribution in [0.5, 0.6) is 0 Å². The summed E-state index contributed by atoms with van der Waals surface area (Å²) in [6, 6.07) is 18.8. The van der Waals surface area contributed by atoms with Crippen LogP contribution in [0.1, 0.15) is 25.1 Å². The topological polar surface area (TPSA) is 55.5 Å². The summed E-state index contributed by atoms with van der Waals surface area (Å²) in [6.07, 6.45) is 3.35. The number of piperazine rings is 1. The highest BCUT2D eigenvalue weighted by atomic mass is 16.2. The van der Waals surface area contributed by atoms with Gasteiger partial charge in [-0.2, -0.15) is 0 Å². The number of benzene rings is 2. The zero-order chi connectivity index (χ0) is 21.5. The van der Waals surface area contributed by atoms with Crippen molar-refractivity contribution in [3.05, 3.63) is 60.4 Å². The van der Waals surface area contributed by atoms with Gasteiger partial charge >= 0.3 is 0 Å². The summed E-state index contributed by atoms with van der Waals surface area (Å²) >= 11 is 0. The zero-order valence-corrected chi connectivity index (χ0v) is 18.5. The third-order valence-corrected chi connectivity index (χ3v) is 7.86. The minimum absolute atomic E-state index is 0.249. The lowest BCUT2D eigenvalue weighted by atomic mass is 9.90. The number of anilines is 1. The Hall–Kier alpha value is -2.86. The number of H-pyrrole nitrogens is 1. The Labute approximate surface area is 189 Å². The molecule has 0 bridgehead atoms. The average Bonchev–Trinajstić information content (AvgIpc) is 3.39. The molecule has 6 heteroatoms. The van der Waals surface area contributed by atoms with Gasteiger partial charge in [-0.3, -0.25) is 9.69 Å². The Morgan fingerprint density at radius 2 is 1.66 bits per heavy atom. The molecule has 3 heterocycles. The number of piperidine rings is 1. The van der Waals surface area contributed by atoms with Gasteiger partial charge in [0.05, 0.1) is 17.6 Å². The summed E-state index contributed by atoms with van der Waals surface area (Å²) in [4.78, 5) is 28.4. The third-order valence-electron chi connectivity index (χ3n) is 7.86. The van der Waals surface area contributed by atoms with E-state index in [4.69, 9.17) is 4.98 Å². The molecule has 1 spiro atoms. The summed E-state index contributed by atoms with van der Waals surface area (Å²) in [6.45, 7) is 6.54. The summed E-state index contributed by atoms with van der Waals surface area (Å²) in [7, 11) is 0. The molecule has 1 amide bonds. The van der Waals surface area contributed by atoms with E-state index >= 15 is 0 Å². The normalized spacial score (nSPS) is 23.1. The molecule has 2 aromatic carbocycles. The van der Waals surface area contributed by atoms with Crippen molar-refractivity contribution in [3.8, 4) is 0 Å². The molecule has 1 N–H and O–H groups in total. The number of aromatic amines is 1. The van der Waals surface area contributed by atoms with Crippen LogP contribution >= 0.6 is 0 Å².